The van der Waals surface area contributed by atoms with Crippen LogP contribution in [0.15, 0.2) is 18.2 Å². The predicted molar refractivity (Wildman–Crippen MR) is 50.6 cm³/mol. The van der Waals surface area contributed by atoms with Crippen molar-refractivity contribution in [2.75, 3.05) is 5.17 Å². The number of nitrogens with two attached hydrogens (primary N) is 1. The lowest BCUT2D eigenvalue weighted by molar-refractivity contribution is -0.762. The second-order valence-electron chi connectivity index (χ2n) is 2.59. The van der Waals surface area contributed by atoms with Crippen LogP contribution in [0.4, 0.5) is 5.69 Å². The summed E-state index contributed by atoms with van der Waals surface area (Å²) in [7, 11) is 0. The van der Waals surface area contributed by atoms with Crippen LogP contribution in [0, 0.1) is 32.8 Å². The first-order valence-corrected chi connectivity index (χ1v) is 3.90. The van der Waals surface area contributed by atoms with Crippen molar-refractivity contribution in [2.24, 2.45) is 5.84 Å². The molecule has 0 fully saturated rings. The Kier molecular flexibility index (Phi) is 3.22. The molecule has 0 bridgehead atoms. The van der Waals surface area contributed by atoms with Gasteiger partial charge >= 0.3 is 5.09 Å². The van der Waals surface area contributed by atoms with E-state index in [1.54, 1.807) is 6.07 Å². The summed E-state index contributed by atoms with van der Waals surface area (Å²) in [6.45, 7) is 0. The van der Waals surface area contributed by atoms with E-state index in [1.165, 1.54) is 18.2 Å². The zero-order chi connectivity index (χ0) is 12.1. The van der Waals surface area contributed by atoms with Crippen LogP contribution in [0.1, 0.15) is 11.1 Å². The second kappa shape index (κ2) is 4.59. The number of hydrazine groups is 1. The third-order valence-electron chi connectivity index (χ3n) is 1.64. The van der Waals surface area contributed by atoms with Crippen molar-refractivity contribution < 1.29 is 10.0 Å². The summed E-state index contributed by atoms with van der Waals surface area (Å²) in [6, 6.07) is 7.49. The van der Waals surface area contributed by atoms with Crippen LogP contribution < -0.4 is 11.0 Å². The largest absolute Gasteiger partial charge is 0.318 e. The molecule has 0 aliphatic carbocycles. The van der Waals surface area contributed by atoms with Crippen molar-refractivity contribution in [1.29, 1.82) is 10.5 Å². The predicted octanol–water partition coefficient (Wildman–Crippen LogP) is 0.233. The molecule has 1 aromatic carbocycles. The van der Waals surface area contributed by atoms with Gasteiger partial charge in [-0.1, -0.05) is 0 Å². The molecule has 0 saturated heterocycles. The molecular weight excluding hydrogens is 214 g/mol. The SMILES string of the molecule is N#Cc1ccc(C#N)c(N(N)O[N+](=O)[O-])c1. The average Bonchev–Trinajstić information content (AvgIpc) is 2.27. The van der Waals surface area contributed by atoms with Crippen molar-refractivity contribution in [1.82, 2.24) is 0 Å². The highest BCUT2D eigenvalue weighted by Crippen LogP contribution is 2.19. The Bertz CT molecular complexity index is 501. The number of rotatable bonds is 3. The Morgan fingerprint density at radius 2 is 2.12 bits per heavy atom. The number of nitrogens with zero attached hydrogens (tertiary/aromatic N) is 4. The molecule has 80 valence electrons. The summed E-state index contributed by atoms with van der Waals surface area (Å²) in [6.07, 6.45) is 0. The van der Waals surface area contributed by atoms with Gasteiger partial charge in [0.05, 0.1) is 17.2 Å². The first kappa shape index (κ1) is 11.2. The third kappa shape index (κ3) is 2.35. The molecule has 1 aromatic rings. The quantitative estimate of drug-likeness (QED) is 0.437. The molecule has 0 aromatic heterocycles. The summed E-state index contributed by atoms with van der Waals surface area (Å²) in [4.78, 5) is 14.0. The summed E-state index contributed by atoms with van der Waals surface area (Å²) < 4.78 is 0. The van der Waals surface area contributed by atoms with Gasteiger partial charge in [0.15, 0.2) is 0 Å². The fourth-order valence-corrected chi connectivity index (χ4v) is 0.994. The smallest absolute Gasteiger partial charge is 0.223 e. The van der Waals surface area contributed by atoms with E-state index < -0.39 is 5.09 Å². The lowest BCUT2D eigenvalue weighted by atomic mass is 10.1. The zero-order valence-electron chi connectivity index (χ0n) is 7.82. The summed E-state index contributed by atoms with van der Waals surface area (Å²) >= 11 is 0. The van der Waals surface area contributed by atoms with E-state index in [2.05, 4.69) is 4.94 Å². The van der Waals surface area contributed by atoms with E-state index in [1.807, 2.05) is 6.07 Å². The van der Waals surface area contributed by atoms with Gasteiger partial charge in [-0.25, -0.2) is 5.84 Å². The van der Waals surface area contributed by atoms with Gasteiger partial charge in [-0.05, 0) is 18.2 Å². The number of anilines is 1. The van der Waals surface area contributed by atoms with E-state index in [0.29, 0.717) is 5.17 Å². The van der Waals surface area contributed by atoms with Crippen molar-refractivity contribution in [2.45, 2.75) is 0 Å². The Labute approximate surface area is 89.7 Å². The first-order chi connectivity index (χ1) is 7.58. The second-order valence-corrected chi connectivity index (χ2v) is 2.59. The number of nitriles is 2. The standard InChI is InChI=1S/C8H5N5O3/c9-4-6-1-2-7(5-10)8(3-6)12(11)16-13(14)15/h1-3H,11H2. The zero-order valence-corrected chi connectivity index (χ0v) is 7.82. The van der Waals surface area contributed by atoms with Gasteiger partial charge in [-0.2, -0.15) is 15.5 Å². The lowest BCUT2D eigenvalue weighted by Crippen LogP contribution is -2.34. The molecule has 0 saturated carbocycles. The minimum absolute atomic E-state index is 0.0572. The molecule has 1 rings (SSSR count). The van der Waals surface area contributed by atoms with Crippen LogP contribution in [0.25, 0.3) is 0 Å². The molecule has 0 atom stereocenters. The maximum absolute atomic E-state index is 10.1. The lowest BCUT2D eigenvalue weighted by Gasteiger charge is -2.15. The number of hydrogen-bond acceptors (Lipinski definition) is 7. The molecule has 2 N–H and O–H groups in total. The van der Waals surface area contributed by atoms with Gasteiger partial charge in [0.25, 0.3) is 0 Å². The fraction of sp³-hybridized carbons (Fsp3) is 0. The maximum atomic E-state index is 10.1. The average molecular weight is 219 g/mol. The van der Waals surface area contributed by atoms with Gasteiger partial charge in [0.1, 0.15) is 11.8 Å². The first-order valence-electron chi connectivity index (χ1n) is 3.90. The van der Waals surface area contributed by atoms with Crippen molar-refractivity contribution in [3.05, 3.63) is 39.4 Å². The van der Waals surface area contributed by atoms with Crippen molar-refractivity contribution in [3.63, 3.8) is 0 Å². The molecule has 0 unspecified atom stereocenters. The van der Waals surface area contributed by atoms with Gasteiger partial charge < -0.3 is 0 Å². The van der Waals surface area contributed by atoms with E-state index in [-0.39, 0.29) is 16.8 Å². The molecule has 8 heteroatoms. The van der Waals surface area contributed by atoms with E-state index in [9.17, 15) is 10.1 Å². The molecular formula is C8H5N5O3. The number of hydrogen-bond donors (Lipinski definition) is 1. The van der Waals surface area contributed by atoms with Gasteiger partial charge in [-0.15, -0.1) is 15.3 Å². The summed E-state index contributed by atoms with van der Waals surface area (Å²) in [5, 5.41) is 26.6. The van der Waals surface area contributed by atoms with Crippen LogP contribution in [-0.4, -0.2) is 5.09 Å². The van der Waals surface area contributed by atoms with Crippen LogP contribution in [0.5, 0.6) is 0 Å². The van der Waals surface area contributed by atoms with E-state index >= 15 is 0 Å². The monoisotopic (exact) mass is 219 g/mol. The van der Waals surface area contributed by atoms with Crippen LogP contribution in [0.2, 0.25) is 0 Å². The van der Waals surface area contributed by atoms with E-state index in [0.717, 1.165) is 0 Å². The molecule has 0 spiro atoms. The summed E-state index contributed by atoms with van der Waals surface area (Å²) in [5.74, 6) is 5.20. The fourth-order valence-electron chi connectivity index (χ4n) is 0.994. The topological polar surface area (TPSA) is 129 Å². The van der Waals surface area contributed by atoms with Crippen LogP contribution in [-0.2, 0) is 4.94 Å². The molecule has 0 amide bonds. The minimum Gasteiger partial charge on any atom is -0.223 e. The van der Waals surface area contributed by atoms with Gasteiger partial charge in [0.2, 0.25) is 0 Å². The molecule has 8 nitrogen and oxygen atoms in total. The van der Waals surface area contributed by atoms with Crippen LogP contribution in [0.3, 0.4) is 0 Å². The molecule has 0 aliphatic heterocycles. The van der Waals surface area contributed by atoms with Crippen LogP contribution >= 0.6 is 0 Å². The molecule has 16 heavy (non-hydrogen) atoms. The van der Waals surface area contributed by atoms with Gasteiger partial charge in [-0.3, -0.25) is 0 Å². The highest BCUT2D eigenvalue weighted by atomic mass is 17.0. The normalized spacial score (nSPS) is 8.69. The Hall–Kier alpha value is -2.84. The van der Waals surface area contributed by atoms with Crippen molar-refractivity contribution in [3.8, 4) is 12.1 Å². The van der Waals surface area contributed by atoms with E-state index in [4.69, 9.17) is 16.4 Å². The minimum atomic E-state index is -1.12. The maximum Gasteiger partial charge on any atom is 0.318 e. The Morgan fingerprint density at radius 3 is 2.62 bits per heavy atom. The van der Waals surface area contributed by atoms with Gasteiger partial charge in [0, 0.05) is 0 Å². The Balaban J connectivity index is 3.15. The third-order valence-corrected chi connectivity index (χ3v) is 1.64. The summed E-state index contributed by atoms with van der Waals surface area (Å²) in [5.41, 5.74) is 0.206. The Morgan fingerprint density at radius 1 is 1.44 bits per heavy atom. The molecule has 0 heterocycles. The number of benzene rings is 1. The van der Waals surface area contributed by atoms with Crippen molar-refractivity contribution >= 4 is 5.69 Å². The molecule has 0 radical (unpaired) electrons. The molecule has 0 aliphatic rings. The highest BCUT2D eigenvalue weighted by Gasteiger charge is 2.12. The highest BCUT2D eigenvalue weighted by molar-refractivity contribution is 5.60.